The smallest absolute Gasteiger partial charge is 0.339 e. The number of anilines is 1. The van der Waals surface area contributed by atoms with E-state index >= 15 is 0 Å². The second kappa shape index (κ2) is 9.78. The highest BCUT2D eigenvalue weighted by atomic mass is 16.5. The number of amides is 2. The molecule has 2 heterocycles. The zero-order chi connectivity index (χ0) is 27.2. The molecule has 1 aliphatic carbocycles. The van der Waals surface area contributed by atoms with Gasteiger partial charge in [0.05, 0.1) is 34.3 Å². The Hall–Kier alpha value is -3.87. The summed E-state index contributed by atoms with van der Waals surface area (Å²) in [4.78, 5) is 58.0. The quantitative estimate of drug-likeness (QED) is 0.326. The van der Waals surface area contributed by atoms with E-state index in [-0.39, 0.29) is 36.0 Å². The molecule has 1 saturated heterocycles. The highest BCUT2D eigenvalue weighted by molar-refractivity contribution is 6.22. The van der Waals surface area contributed by atoms with Crippen molar-refractivity contribution in [3.63, 3.8) is 0 Å². The van der Waals surface area contributed by atoms with E-state index in [9.17, 15) is 19.2 Å². The van der Waals surface area contributed by atoms with E-state index in [4.69, 9.17) is 9.72 Å². The van der Waals surface area contributed by atoms with E-state index in [0.29, 0.717) is 39.3 Å². The molecule has 7 nitrogen and oxygen atoms in total. The van der Waals surface area contributed by atoms with Crippen molar-refractivity contribution in [2.75, 3.05) is 11.5 Å². The van der Waals surface area contributed by atoms with E-state index in [1.54, 1.807) is 57.2 Å². The summed E-state index contributed by atoms with van der Waals surface area (Å²) in [5.41, 5.74) is 1.95. The van der Waals surface area contributed by atoms with Crippen molar-refractivity contribution in [3.8, 4) is 11.3 Å². The van der Waals surface area contributed by atoms with Crippen LogP contribution in [0.3, 0.4) is 0 Å². The molecule has 0 radical (unpaired) electrons. The van der Waals surface area contributed by atoms with Crippen molar-refractivity contribution in [1.29, 1.82) is 0 Å². The molecular weight excluding hydrogens is 480 g/mol. The predicted molar refractivity (Wildman–Crippen MR) is 144 cm³/mol. The molecule has 1 aliphatic heterocycles. The summed E-state index contributed by atoms with van der Waals surface area (Å²) in [6.07, 6.45) is 2.43. The highest BCUT2D eigenvalue weighted by Crippen LogP contribution is 2.42. The number of carbonyl (C=O) groups excluding carboxylic acids is 4. The number of benzene rings is 2. The fourth-order valence-corrected chi connectivity index (χ4v) is 5.37. The number of fused-ring (bicyclic) bond motifs is 2. The first-order valence-corrected chi connectivity index (χ1v) is 13.1. The predicted octanol–water partition coefficient (Wildman–Crippen LogP) is 5.60. The van der Waals surface area contributed by atoms with Gasteiger partial charge >= 0.3 is 5.97 Å². The van der Waals surface area contributed by atoms with Crippen molar-refractivity contribution in [2.45, 2.75) is 47.0 Å². The molecule has 38 heavy (non-hydrogen) atoms. The fourth-order valence-electron chi connectivity index (χ4n) is 5.37. The summed E-state index contributed by atoms with van der Waals surface area (Å²) in [5.74, 6) is -1.14. The van der Waals surface area contributed by atoms with Gasteiger partial charge in [-0.15, -0.1) is 0 Å². The molecule has 1 aromatic heterocycles. The number of ketones is 1. The molecule has 0 bridgehead atoms. The Bertz CT molecular complexity index is 1450. The maximum Gasteiger partial charge on any atom is 0.339 e. The maximum atomic E-state index is 13.3. The normalized spacial score (nSPS) is 21.5. The van der Waals surface area contributed by atoms with Gasteiger partial charge < -0.3 is 4.74 Å². The van der Waals surface area contributed by atoms with Crippen LogP contribution in [0.15, 0.2) is 54.6 Å². The van der Waals surface area contributed by atoms with E-state index < -0.39 is 11.4 Å². The van der Waals surface area contributed by atoms with Crippen molar-refractivity contribution >= 4 is 40.2 Å². The Labute approximate surface area is 222 Å². The third-order valence-corrected chi connectivity index (χ3v) is 7.69. The van der Waals surface area contributed by atoms with Crippen LogP contribution in [0.5, 0.6) is 0 Å². The third-order valence-electron chi connectivity index (χ3n) is 7.69. The second-order valence-corrected chi connectivity index (χ2v) is 11.5. The topological polar surface area (TPSA) is 93.6 Å². The van der Waals surface area contributed by atoms with Gasteiger partial charge in [0.15, 0.2) is 12.4 Å². The monoisotopic (exact) mass is 512 g/mol. The fraction of sp³-hybridized carbons (Fsp3) is 0.387. The Morgan fingerprint density at radius 2 is 1.71 bits per heavy atom. The third kappa shape index (κ3) is 4.73. The summed E-state index contributed by atoms with van der Waals surface area (Å²) in [5, 5.41) is 0.615. The van der Waals surface area contributed by atoms with Gasteiger partial charge in [-0.2, -0.15) is 0 Å². The first-order chi connectivity index (χ1) is 18.0. The van der Waals surface area contributed by atoms with Crippen LogP contribution < -0.4 is 4.90 Å². The summed E-state index contributed by atoms with van der Waals surface area (Å²) in [6, 6.07) is 16.0. The minimum absolute atomic E-state index is 0.136. The molecule has 5 rings (SSSR count). The van der Waals surface area contributed by atoms with Gasteiger partial charge in [-0.1, -0.05) is 58.0 Å². The van der Waals surface area contributed by atoms with E-state index in [1.807, 2.05) is 18.2 Å². The van der Waals surface area contributed by atoms with Gasteiger partial charge in [-0.3, -0.25) is 19.3 Å². The van der Waals surface area contributed by atoms with Gasteiger partial charge in [-0.05, 0) is 49.4 Å². The summed E-state index contributed by atoms with van der Waals surface area (Å²) in [6.45, 7) is 7.15. The Morgan fingerprint density at radius 1 is 0.974 bits per heavy atom. The summed E-state index contributed by atoms with van der Waals surface area (Å²) in [7, 11) is 0. The number of ether oxygens (including phenoxy) is 1. The van der Waals surface area contributed by atoms with Crippen LogP contribution >= 0.6 is 0 Å². The first kappa shape index (κ1) is 25.8. The minimum Gasteiger partial charge on any atom is -0.454 e. The van der Waals surface area contributed by atoms with Gasteiger partial charge in [-0.25, -0.2) is 9.78 Å². The zero-order valence-electron chi connectivity index (χ0n) is 22.2. The molecule has 3 aromatic rings. The zero-order valence-corrected chi connectivity index (χ0v) is 22.2. The lowest BCUT2D eigenvalue weighted by Crippen LogP contribution is -2.30. The molecular formula is C31H32N2O5. The van der Waals surface area contributed by atoms with Gasteiger partial charge in [0.25, 0.3) is 0 Å². The van der Waals surface area contributed by atoms with Crippen LogP contribution in [0.4, 0.5) is 5.69 Å². The number of hydrogen-bond donors (Lipinski definition) is 0. The number of rotatable bonds is 5. The molecule has 2 aliphatic rings. The van der Waals surface area contributed by atoms with Crippen LogP contribution in [-0.2, 0) is 19.1 Å². The van der Waals surface area contributed by atoms with Crippen molar-refractivity contribution < 1.29 is 23.9 Å². The van der Waals surface area contributed by atoms with E-state index in [2.05, 4.69) is 6.92 Å². The number of para-hydroxylation sites is 1. The number of nitrogens with zero attached hydrogens (tertiary/aromatic N) is 2. The minimum atomic E-state index is -0.619. The SMILES string of the molecule is C[C@@H]1CC[C@@H]2C(=O)N(c3cccc(-c4cc(C(=O)OCC(=O)C(C)(C)C)c5ccccc5n4)c3)C(=O)[C@H]2C1. The molecule has 7 heteroatoms. The molecule has 2 aromatic carbocycles. The molecule has 3 atom stereocenters. The Kier molecular flexibility index (Phi) is 6.63. The van der Waals surface area contributed by atoms with Crippen LogP contribution in [0, 0.1) is 23.2 Å². The van der Waals surface area contributed by atoms with E-state index in [0.717, 1.165) is 19.3 Å². The first-order valence-electron chi connectivity index (χ1n) is 13.1. The second-order valence-electron chi connectivity index (χ2n) is 11.5. The van der Waals surface area contributed by atoms with Crippen LogP contribution in [0.25, 0.3) is 22.2 Å². The number of aromatic nitrogens is 1. The van der Waals surface area contributed by atoms with Gasteiger partial charge in [0, 0.05) is 16.4 Å². The number of imide groups is 1. The molecule has 0 unspecified atom stereocenters. The average molecular weight is 513 g/mol. The molecule has 0 spiro atoms. The lowest BCUT2D eigenvalue weighted by Gasteiger charge is -2.25. The number of Topliss-reactive ketones (excluding diaryl/α,β-unsaturated/α-hetero) is 1. The Balaban J connectivity index is 1.49. The summed E-state index contributed by atoms with van der Waals surface area (Å²) >= 11 is 0. The number of pyridine rings is 1. The van der Waals surface area contributed by atoms with Crippen molar-refractivity contribution in [2.24, 2.45) is 23.2 Å². The molecule has 2 fully saturated rings. The van der Waals surface area contributed by atoms with Gasteiger partial charge in [0.1, 0.15) is 0 Å². The largest absolute Gasteiger partial charge is 0.454 e. The lowest BCUT2D eigenvalue weighted by atomic mass is 9.76. The molecule has 0 N–H and O–H groups in total. The van der Waals surface area contributed by atoms with Crippen molar-refractivity contribution in [3.05, 3.63) is 60.2 Å². The van der Waals surface area contributed by atoms with E-state index in [1.165, 1.54) is 4.90 Å². The number of carbonyl (C=O) groups is 4. The van der Waals surface area contributed by atoms with Gasteiger partial charge in [0.2, 0.25) is 11.8 Å². The summed E-state index contributed by atoms with van der Waals surface area (Å²) < 4.78 is 5.40. The number of hydrogen-bond acceptors (Lipinski definition) is 6. The maximum absolute atomic E-state index is 13.3. The van der Waals surface area contributed by atoms with Crippen LogP contribution in [0.1, 0.15) is 57.3 Å². The number of esters is 1. The molecule has 1 saturated carbocycles. The van der Waals surface area contributed by atoms with Crippen LogP contribution in [0.2, 0.25) is 0 Å². The Morgan fingerprint density at radius 3 is 2.47 bits per heavy atom. The molecule has 196 valence electrons. The average Bonchev–Trinajstić information content (AvgIpc) is 3.14. The lowest BCUT2D eigenvalue weighted by molar-refractivity contribution is -0.129. The standard InChI is InChI=1S/C31H32N2O5/c1-18-12-13-22-23(14-18)29(36)33(28(22)35)20-9-7-8-19(15-20)26-16-24(21-10-5-6-11-25(21)32-26)30(37)38-17-27(34)31(2,3)4/h5-11,15-16,18,22-23H,12-14,17H2,1-4H3/t18-,22+,23+/m1/s1. The van der Waals surface area contributed by atoms with Crippen LogP contribution in [-0.4, -0.2) is 35.2 Å². The van der Waals surface area contributed by atoms with Crippen molar-refractivity contribution in [1.82, 2.24) is 4.98 Å². The molecule has 2 amide bonds. The highest BCUT2D eigenvalue weighted by Gasteiger charge is 2.50.